The molecule has 16 heteroatoms. The minimum atomic E-state index is -4.49. The molecule has 0 aliphatic heterocycles. The van der Waals surface area contributed by atoms with Crippen molar-refractivity contribution in [1.29, 1.82) is 0 Å². The van der Waals surface area contributed by atoms with Crippen molar-refractivity contribution in [2.75, 3.05) is 40.6 Å². The summed E-state index contributed by atoms with van der Waals surface area (Å²) in [5.74, 6) is -0.917. The first-order valence-electron chi connectivity index (χ1n) is 10.9. The van der Waals surface area contributed by atoms with Crippen LogP contribution in [0.25, 0.3) is 11.5 Å². The van der Waals surface area contributed by atoms with E-state index in [9.17, 15) is 31.2 Å². The quantitative estimate of drug-likeness (QED) is 0.186. The first kappa shape index (κ1) is 31.8. The van der Waals surface area contributed by atoms with Gasteiger partial charge >= 0.3 is 18.1 Å². The monoisotopic (exact) mass is 596 g/mol. The molecule has 1 heterocycles. The molecule has 1 aromatic heterocycles. The molecule has 3 aromatic rings. The number of hydrogen-bond donors (Lipinski definition) is 1. The maximum atomic E-state index is 12.8. The third-order valence-corrected chi connectivity index (χ3v) is 4.82. The fourth-order valence-electron chi connectivity index (χ4n) is 2.78. The highest BCUT2D eigenvalue weighted by molar-refractivity contribution is 7.85. The second-order valence-corrected chi connectivity index (χ2v) is 11.0. The van der Waals surface area contributed by atoms with Crippen molar-refractivity contribution in [1.82, 2.24) is 9.78 Å². The van der Waals surface area contributed by atoms with Crippen LogP contribution in [-0.2, 0) is 27.6 Å². The van der Waals surface area contributed by atoms with Gasteiger partial charge in [0.2, 0.25) is 5.89 Å². The van der Waals surface area contributed by atoms with Crippen LogP contribution in [0.2, 0.25) is 5.02 Å². The van der Waals surface area contributed by atoms with Gasteiger partial charge in [-0.05, 0) is 42.5 Å². The van der Waals surface area contributed by atoms with Gasteiger partial charge in [-0.2, -0.15) is 26.3 Å². The summed E-state index contributed by atoms with van der Waals surface area (Å²) in [5, 5.41) is 4.35. The molecule has 214 valence electrons. The summed E-state index contributed by atoms with van der Waals surface area (Å²) in [4.78, 5) is 24.4. The molecule has 0 amide bonds. The number of likely N-dealkylation sites (N-methyl/N-ethyl adjacent to an activating group) is 1. The maximum absolute atomic E-state index is 12.8. The predicted octanol–water partition coefficient (Wildman–Crippen LogP) is 3.95. The van der Waals surface area contributed by atoms with Gasteiger partial charge in [-0.15, -0.1) is 5.10 Å². The average molecular weight is 597 g/mol. The number of alkyl halides is 3. The van der Waals surface area contributed by atoms with E-state index in [1.54, 1.807) is 0 Å². The van der Waals surface area contributed by atoms with Gasteiger partial charge in [0.1, 0.15) is 18.9 Å². The summed E-state index contributed by atoms with van der Waals surface area (Å²) in [6.45, 7) is 0.541. The molecule has 0 unspecified atom stereocenters. The van der Waals surface area contributed by atoms with Crippen LogP contribution in [0.4, 0.5) is 18.0 Å². The van der Waals surface area contributed by atoms with E-state index in [1.165, 1.54) is 18.2 Å². The fraction of sp³-hybridized carbons (Fsp3) is 0.348. The summed E-state index contributed by atoms with van der Waals surface area (Å²) >= 11 is 6.05. The largest absolute Gasteiger partial charge is 0.514 e. The van der Waals surface area contributed by atoms with Gasteiger partial charge < -0.3 is 18.4 Å². The summed E-state index contributed by atoms with van der Waals surface area (Å²) in [6, 6.07) is 8.45. The second-order valence-electron chi connectivity index (χ2n) is 9.11. The Hall–Kier alpha value is -3.40. The molecule has 0 aliphatic rings. The van der Waals surface area contributed by atoms with Crippen molar-refractivity contribution in [3.05, 3.63) is 69.2 Å². The van der Waals surface area contributed by atoms with E-state index in [1.807, 2.05) is 21.1 Å². The molecule has 1 N–H and O–H groups in total. The fourth-order valence-corrected chi connectivity index (χ4v) is 2.97. The van der Waals surface area contributed by atoms with Crippen LogP contribution in [-0.4, -0.2) is 73.9 Å². The van der Waals surface area contributed by atoms with E-state index < -0.39 is 33.8 Å². The van der Waals surface area contributed by atoms with Crippen LogP contribution in [0.3, 0.4) is 0 Å². The number of carbonyl (C=O) groups is 1. The molecule has 0 saturated heterocycles. The van der Waals surface area contributed by atoms with E-state index in [2.05, 4.69) is 5.10 Å². The molecule has 0 bridgehead atoms. The van der Waals surface area contributed by atoms with Crippen molar-refractivity contribution in [2.24, 2.45) is 0 Å². The van der Waals surface area contributed by atoms with Crippen molar-refractivity contribution < 1.29 is 49.3 Å². The maximum Gasteiger partial charge on any atom is 0.514 e. The third-order valence-electron chi connectivity index (χ3n) is 4.58. The zero-order valence-corrected chi connectivity index (χ0v) is 22.8. The number of nitrogens with zero attached hydrogens (tertiary/aromatic N) is 3. The van der Waals surface area contributed by atoms with E-state index in [0.29, 0.717) is 27.9 Å². The Bertz CT molecular complexity index is 1440. The normalized spacial score (nSPS) is 11.9. The molecule has 39 heavy (non-hydrogen) atoms. The lowest BCUT2D eigenvalue weighted by Gasteiger charge is -2.23. The molecule has 0 aliphatic carbocycles. The SMILES string of the molecule is CS(=O)(=O)O.C[N+](C)(C)CCOC(=O)Oc1ccc(Cl)cc1Cn1nc(-c2ccc(C(F)(F)F)cc2)oc1=O. The Kier molecular flexibility index (Phi) is 10.3. The highest BCUT2D eigenvalue weighted by Gasteiger charge is 2.30. The summed E-state index contributed by atoms with van der Waals surface area (Å²) in [5.41, 5.74) is -0.315. The van der Waals surface area contributed by atoms with Crippen LogP contribution in [0.1, 0.15) is 11.1 Å². The number of aromatic nitrogens is 2. The van der Waals surface area contributed by atoms with Crippen molar-refractivity contribution in [3.63, 3.8) is 0 Å². The van der Waals surface area contributed by atoms with Crippen LogP contribution in [0.15, 0.2) is 51.7 Å². The Morgan fingerprint density at radius 2 is 1.74 bits per heavy atom. The van der Waals surface area contributed by atoms with Crippen LogP contribution in [0.5, 0.6) is 5.75 Å². The zero-order chi connectivity index (χ0) is 29.6. The van der Waals surface area contributed by atoms with E-state index in [-0.39, 0.29) is 30.4 Å². The molecule has 0 fully saturated rings. The Morgan fingerprint density at radius 3 is 2.28 bits per heavy atom. The number of ether oxygens (including phenoxy) is 2. The van der Waals surface area contributed by atoms with Crippen LogP contribution in [0, 0.1) is 0 Å². The van der Waals surface area contributed by atoms with E-state index in [4.69, 9.17) is 30.0 Å². The first-order valence-corrected chi connectivity index (χ1v) is 13.2. The molecule has 0 radical (unpaired) electrons. The lowest BCUT2D eigenvalue weighted by molar-refractivity contribution is -0.870. The van der Waals surface area contributed by atoms with Gasteiger partial charge in [-0.1, -0.05) is 11.6 Å². The first-order chi connectivity index (χ1) is 17.8. The molecule has 0 spiro atoms. The molecule has 2 aromatic carbocycles. The number of rotatable bonds is 7. The molecule has 11 nitrogen and oxygen atoms in total. The summed E-state index contributed by atoms with van der Waals surface area (Å²) < 4.78 is 81.1. The van der Waals surface area contributed by atoms with Crippen molar-refractivity contribution in [2.45, 2.75) is 12.7 Å². The van der Waals surface area contributed by atoms with Gasteiger partial charge in [0, 0.05) is 16.1 Å². The van der Waals surface area contributed by atoms with E-state index in [0.717, 1.165) is 28.9 Å². The van der Waals surface area contributed by atoms with Crippen molar-refractivity contribution >= 4 is 27.9 Å². The minimum Gasteiger partial charge on any atom is -0.428 e. The molecular formula is C23H26ClF3N3O8S+. The van der Waals surface area contributed by atoms with Gasteiger partial charge in [0.15, 0.2) is 0 Å². The summed E-state index contributed by atoms with van der Waals surface area (Å²) in [6.07, 6.45) is -4.70. The smallest absolute Gasteiger partial charge is 0.428 e. The molecule has 0 saturated carbocycles. The van der Waals surface area contributed by atoms with Crippen LogP contribution < -0.4 is 10.5 Å². The molecular weight excluding hydrogens is 571 g/mol. The number of halogens is 4. The molecule has 0 atom stereocenters. The number of carbonyl (C=O) groups excluding carboxylic acids is 1. The topological polar surface area (TPSA) is 138 Å². The van der Waals surface area contributed by atoms with Gasteiger partial charge in [-0.3, -0.25) is 4.55 Å². The summed E-state index contributed by atoms with van der Waals surface area (Å²) in [7, 11) is 2.17. The van der Waals surface area contributed by atoms with Gasteiger partial charge in [0.05, 0.1) is 39.5 Å². The van der Waals surface area contributed by atoms with Gasteiger partial charge in [0.25, 0.3) is 10.1 Å². The Labute approximate surface area is 226 Å². The van der Waals surface area contributed by atoms with Crippen LogP contribution >= 0.6 is 11.6 Å². The Morgan fingerprint density at radius 1 is 1.15 bits per heavy atom. The van der Waals surface area contributed by atoms with Crippen molar-refractivity contribution in [3.8, 4) is 17.2 Å². The Balaban J connectivity index is 0.000000976. The standard InChI is InChI=1S/C22H22ClF3N3O5.CH4O3S/c1-29(2,3)10-11-32-21(31)33-18-9-8-17(23)12-15(18)13-28-20(30)34-19(27-28)14-4-6-16(7-5-14)22(24,25)26;1-5(2,3)4/h4-9,12H,10-11,13H2,1-3H3;1H3,(H,2,3,4)/q+1;. The highest BCUT2D eigenvalue weighted by atomic mass is 35.5. The minimum absolute atomic E-state index is 0.102. The highest BCUT2D eigenvalue weighted by Crippen LogP contribution is 2.30. The number of quaternary nitrogens is 1. The third kappa shape index (κ3) is 11.5. The predicted molar refractivity (Wildman–Crippen MR) is 134 cm³/mol. The zero-order valence-electron chi connectivity index (χ0n) is 21.2. The number of hydrogen-bond acceptors (Lipinski definition) is 8. The lowest BCUT2D eigenvalue weighted by atomic mass is 10.1. The lowest BCUT2D eigenvalue weighted by Crippen LogP contribution is -2.38. The van der Waals surface area contributed by atoms with Gasteiger partial charge in [-0.25, -0.2) is 9.59 Å². The molecule has 3 rings (SSSR count). The number of benzene rings is 2. The average Bonchev–Trinajstić information content (AvgIpc) is 3.13. The second kappa shape index (κ2) is 12.6. The van der Waals surface area contributed by atoms with E-state index >= 15 is 0 Å².